The number of carbonyl (C=O) groups excluding carboxylic acids is 2. The van der Waals surface area contributed by atoms with Crippen LogP contribution in [0.1, 0.15) is 56.4 Å². The van der Waals surface area contributed by atoms with Gasteiger partial charge in [0.05, 0.1) is 0 Å². The van der Waals surface area contributed by atoms with Crippen molar-refractivity contribution >= 4 is 17.5 Å². The van der Waals surface area contributed by atoms with Crippen LogP contribution < -0.4 is 5.32 Å². The summed E-state index contributed by atoms with van der Waals surface area (Å²) in [7, 11) is 0. The van der Waals surface area contributed by atoms with E-state index in [-0.39, 0.29) is 23.4 Å². The number of hydrogen-bond donors (Lipinski definition) is 1. The molecule has 0 saturated carbocycles. The van der Waals surface area contributed by atoms with Crippen molar-refractivity contribution in [3.05, 3.63) is 101 Å². The number of hydrogen-bond acceptors (Lipinski definition) is 4. The normalized spacial score (nSPS) is 14.3. The molecule has 8 heteroatoms. The highest BCUT2D eigenvalue weighted by Crippen LogP contribution is 2.29. The minimum Gasteiger partial charge on any atom is -0.348 e. The van der Waals surface area contributed by atoms with Crippen molar-refractivity contribution in [3.63, 3.8) is 0 Å². The number of pyridine rings is 2. The summed E-state index contributed by atoms with van der Waals surface area (Å²) in [5.41, 5.74) is 4.07. The van der Waals surface area contributed by atoms with Crippen LogP contribution in [0.5, 0.6) is 0 Å². The Morgan fingerprint density at radius 2 is 1.83 bits per heavy atom. The fourth-order valence-corrected chi connectivity index (χ4v) is 4.51. The molecule has 4 aromatic rings. The lowest BCUT2D eigenvalue weighted by molar-refractivity contribution is 0.0701. The van der Waals surface area contributed by atoms with Crippen LogP contribution in [-0.2, 0) is 6.54 Å². The summed E-state index contributed by atoms with van der Waals surface area (Å²) in [5.74, 6) is -0.789. The zero-order valence-electron chi connectivity index (χ0n) is 19.4. The zero-order valence-corrected chi connectivity index (χ0v) is 19.4. The van der Waals surface area contributed by atoms with Crippen molar-refractivity contribution in [2.24, 2.45) is 0 Å². The number of aryl methyl sites for hydroxylation is 1. The van der Waals surface area contributed by atoms with E-state index in [1.54, 1.807) is 24.1 Å². The number of rotatable bonds is 5. The van der Waals surface area contributed by atoms with Crippen LogP contribution in [0.3, 0.4) is 0 Å². The number of piperidine rings is 1. The number of nitrogens with one attached hydrogen (secondary N) is 1. The van der Waals surface area contributed by atoms with Crippen molar-refractivity contribution in [2.75, 3.05) is 13.1 Å². The van der Waals surface area contributed by atoms with E-state index >= 15 is 0 Å². The first kappa shape index (κ1) is 22.7. The summed E-state index contributed by atoms with van der Waals surface area (Å²) in [6.45, 7) is 3.25. The lowest BCUT2D eigenvalue weighted by Crippen LogP contribution is -2.38. The molecular formula is C27H26FN5O2. The number of aromatic nitrogens is 3. The molecule has 0 atom stereocenters. The van der Waals surface area contributed by atoms with Crippen LogP contribution in [-0.4, -0.2) is 44.2 Å². The SMILES string of the molecule is Cc1ccc(F)c(C(=O)N2CCC(c3ccc(C(=O)NCc4ccn5ccnc5c4)cc3)CC2)n1. The van der Waals surface area contributed by atoms with Crippen molar-refractivity contribution in [1.82, 2.24) is 24.6 Å². The molecule has 0 aliphatic carbocycles. The quantitative estimate of drug-likeness (QED) is 0.475. The van der Waals surface area contributed by atoms with E-state index in [1.165, 1.54) is 6.07 Å². The summed E-state index contributed by atoms with van der Waals surface area (Å²) < 4.78 is 16.0. The first-order chi connectivity index (χ1) is 17.0. The van der Waals surface area contributed by atoms with Gasteiger partial charge >= 0.3 is 0 Å². The van der Waals surface area contributed by atoms with Gasteiger partial charge < -0.3 is 14.6 Å². The molecule has 0 unspecified atom stereocenters. The highest BCUT2D eigenvalue weighted by molar-refractivity contribution is 5.94. The maximum Gasteiger partial charge on any atom is 0.275 e. The smallest absolute Gasteiger partial charge is 0.275 e. The number of nitrogens with zero attached hydrogens (tertiary/aromatic N) is 4. The van der Waals surface area contributed by atoms with Crippen molar-refractivity contribution < 1.29 is 14.0 Å². The minimum atomic E-state index is -0.585. The first-order valence-corrected chi connectivity index (χ1v) is 11.7. The number of likely N-dealkylation sites (tertiary alicyclic amines) is 1. The largest absolute Gasteiger partial charge is 0.348 e. The maximum atomic E-state index is 14.1. The highest BCUT2D eigenvalue weighted by atomic mass is 19.1. The second-order valence-electron chi connectivity index (χ2n) is 8.88. The number of carbonyl (C=O) groups is 2. The second kappa shape index (κ2) is 9.66. The number of fused-ring (bicyclic) bond motifs is 1. The molecule has 0 radical (unpaired) electrons. The van der Waals surface area contributed by atoms with Crippen LogP contribution >= 0.6 is 0 Å². The zero-order chi connectivity index (χ0) is 24.4. The molecule has 1 aliphatic rings. The van der Waals surface area contributed by atoms with Gasteiger partial charge in [-0.15, -0.1) is 0 Å². The first-order valence-electron chi connectivity index (χ1n) is 11.7. The van der Waals surface area contributed by atoms with E-state index in [0.29, 0.717) is 30.9 Å². The molecule has 1 aromatic carbocycles. The summed E-state index contributed by atoms with van der Waals surface area (Å²) in [5, 5.41) is 2.96. The van der Waals surface area contributed by atoms with E-state index in [2.05, 4.69) is 15.3 Å². The van der Waals surface area contributed by atoms with Gasteiger partial charge in [-0.3, -0.25) is 9.59 Å². The van der Waals surface area contributed by atoms with Crippen LogP contribution in [0.25, 0.3) is 5.65 Å². The predicted molar refractivity (Wildman–Crippen MR) is 130 cm³/mol. The van der Waals surface area contributed by atoms with Gasteiger partial charge in [-0.05, 0) is 73.2 Å². The van der Waals surface area contributed by atoms with Gasteiger partial charge in [0.2, 0.25) is 0 Å². The van der Waals surface area contributed by atoms with E-state index in [9.17, 15) is 14.0 Å². The predicted octanol–water partition coefficient (Wildman–Crippen LogP) is 4.13. The van der Waals surface area contributed by atoms with Gasteiger partial charge in [0, 0.05) is 49.5 Å². The van der Waals surface area contributed by atoms with E-state index in [4.69, 9.17) is 0 Å². The maximum absolute atomic E-state index is 14.1. The number of amides is 2. The van der Waals surface area contributed by atoms with Crippen molar-refractivity contribution in [2.45, 2.75) is 32.2 Å². The van der Waals surface area contributed by atoms with Crippen molar-refractivity contribution in [1.29, 1.82) is 0 Å². The standard InChI is InChI=1S/C27H26FN5O2/c1-18-2-7-23(28)25(31-18)27(35)33-13-9-21(10-14-33)20-3-5-22(6-4-20)26(34)30-17-19-8-12-32-15-11-29-24(32)16-19/h2-8,11-12,15-16,21H,9-10,13-14,17H2,1H3,(H,30,34). The molecule has 3 aromatic heterocycles. The van der Waals surface area contributed by atoms with Gasteiger partial charge in [0.1, 0.15) is 5.65 Å². The third kappa shape index (κ3) is 4.91. The molecule has 35 heavy (non-hydrogen) atoms. The van der Waals surface area contributed by atoms with Crippen LogP contribution in [0.2, 0.25) is 0 Å². The molecule has 0 spiro atoms. The molecule has 1 aliphatic heterocycles. The highest BCUT2D eigenvalue weighted by Gasteiger charge is 2.27. The fourth-order valence-electron chi connectivity index (χ4n) is 4.51. The van der Waals surface area contributed by atoms with E-state index in [1.807, 2.05) is 53.2 Å². The monoisotopic (exact) mass is 471 g/mol. The Morgan fingerprint density at radius 1 is 1.06 bits per heavy atom. The average Bonchev–Trinajstić information content (AvgIpc) is 3.36. The van der Waals surface area contributed by atoms with Crippen LogP contribution in [0, 0.1) is 12.7 Å². The Bertz CT molecular complexity index is 1370. The van der Waals surface area contributed by atoms with E-state index < -0.39 is 5.82 Å². The molecular weight excluding hydrogens is 445 g/mol. The van der Waals surface area contributed by atoms with Crippen LogP contribution in [0.15, 0.2) is 67.1 Å². The Hall–Kier alpha value is -4.07. The van der Waals surface area contributed by atoms with Gasteiger partial charge in [-0.1, -0.05) is 12.1 Å². The second-order valence-corrected chi connectivity index (χ2v) is 8.88. The molecule has 1 N–H and O–H groups in total. The van der Waals surface area contributed by atoms with E-state index in [0.717, 1.165) is 29.6 Å². The van der Waals surface area contributed by atoms with Crippen molar-refractivity contribution in [3.8, 4) is 0 Å². The molecule has 178 valence electrons. The molecule has 2 amide bonds. The summed E-state index contributed by atoms with van der Waals surface area (Å²) in [6, 6.07) is 14.4. The molecule has 1 fully saturated rings. The number of imidazole rings is 1. The molecule has 4 heterocycles. The number of halogens is 1. The third-order valence-corrected chi connectivity index (χ3v) is 6.53. The molecule has 7 nitrogen and oxygen atoms in total. The fraction of sp³-hybridized carbons (Fsp3) is 0.259. The molecule has 1 saturated heterocycles. The van der Waals surface area contributed by atoms with Gasteiger partial charge in [0.25, 0.3) is 11.8 Å². The Morgan fingerprint density at radius 3 is 2.60 bits per heavy atom. The third-order valence-electron chi connectivity index (χ3n) is 6.53. The van der Waals surface area contributed by atoms with Crippen LogP contribution in [0.4, 0.5) is 4.39 Å². The molecule has 0 bridgehead atoms. The Balaban J connectivity index is 1.16. The minimum absolute atomic E-state index is 0.108. The Kier molecular flexibility index (Phi) is 6.27. The van der Waals surface area contributed by atoms with Gasteiger partial charge in [-0.2, -0.15) is 0 Å². The average molecular weight is 472 g/mol. The Labute approximate surface area is 202 Å². The number of benzene rings is 1. The lowest BCUT2D eigenvalue weighted by Gasteiger charge is -2.32. The summed E-state index contributed by atoms with van der Waals surface area (Å²) >= 11 is 0. The van der Waals surface area contributed by atoms with Gasteiger partial charge in [0.15, 0.2) is 11.5 Å². The topological polar surface area (TPSA) is 79.6 Å². The molecule has 5 rings (SSSR count). The lowest BCUT2D eigenvalue weighted by atomic mass is 9.89. The summed E-state index contributed by atoms with van der Waals surface area (Å²) in [4.78, 5) is 35.4. The van der Waals surface area contributed by atoms with Gasteiger partial charge in [-0.25, -0.2) is 14.4 Å². The summed E-state index contributed by atoms with van der Waals surface area (Å²) in [6.07, 6.45) is 7.09.